The van der Waals surface area contributed by atoms with Crippen LogP contribution in [0.4, 0.5) is 0 Å². The molecule has 2 N–H and O–H groups in total. The molecule has 0 unspecified atom stereocenters. The molecule has 0 aromatic heterocycles. The van der Waals surface area contributed by atoms with E-state index in [0.29, 0.717) is 17.7 Å². The molecule has 0 heterocycles. The van der Waals surface area contributed by atoms with E-state index in [9.17, 15) is 0 Å². The maximum atomic E-state index is 5.84. The molecule has 0 aliphatic rings. The molecule has 5 aromatic rings. The second-order valence-electron chi connectivity index (χ2n) is 10.2. The molecule has 0 saturated carbocycles. The summed E-state index contributed by atoms with van der Waals surface area (Å²) in [6, 6.07) is 49.7. The Morgan fingerprint density at radius 1 is 0.562 bits per heavy atom. The van der Waals surface area contributed by atoms with Crippen molar-refractivity contribution in [3.05, 3.63) is 157 Å². The average Bonchev–Trinajstić information content (AvgIpc) is 3.15. The fourth-order valence-corrected chi connectivity index (χ4v) is 9.60. The summed E-state index contributed by atoms with van der Waals surface area (Å²) in [5, 5.41) is 28.7. The van der Waals surface area contributed by atoms with Crippen LogP contribution in [-0.4, -0.2) is 41.3 Å². The molecule has 0 atom stereocenters. The molecule has 0 fully saturated rings. The van der Waals surface area contributed by atoms with Gasteiger partial charge in [-0.05, 0) is 60.0 Å². The molecule has 0 amide bonds. The van der Waals surface area contributed by atoms with E-state index in [0.717, 1.165) is 16.0 Å². The zero-order valence-corrected chi connectivity index (χ0v) is 30.6. The number of thioether (sulfide) groups is 1. The SMILES string of the molecule is CN/C([S-])=N/N=C(/C(=N/N=C(\[S-])NC[P+](c1ccccc1)(c1ccccc1)c1ccccc1)c1ccccc1)c1ccc(SC)cc1.[Cu+2]. The summed E-state index contributed by atoms with van der Waals surface area (Å²) in [5.74, 6) is 0. The Morgan fingerprint density at radius 3 is 1.38 bits per heavy atom. The van der Waals surface area contributed by atoms with Gasteiger partial charge in [0.15, 0.2) is 0 Å². The molecular formula is C37H34CuN6PS3+. The van der Waals surface area contributed by atoms with Gasteiger partial charge < -0.3 is 35.9 Å². The van der Waals surface area contributed by atoms with Crippen molar-refractivity contribution in [1.82, 2.24) is 10.6 Å². The van der Waals surface area contributed by atoms with Crippen molar-refractivity contribution in [1.29, 1.82) is 0 Å². The molecule has 11 heteroatoms. The number of benzene rings is 5. The third-order valence-corrected chi connectivity index (χ3v) is 12.8. The molecule has 1 radical (unpaired) electrons. The van der Waals surface area contributed by atoms with Gasteiger partial charge >= 0.3 is 17.1 Å². The molecule has 6 nitrogen and oxygen atoms in total. The Labute approximate surface area is 309 Å². The van der Waals surface area contributed by atoms with Crippen LogP contribution in [0.3, 0.4) is 0 Å². The topological polar surface area (TPSA) is 73.5 Å². The predicted octanol–water partition coefficient (Wildman–Crippen LogP) is 6.08. The molecule has 0 bridgehead atoms. The van der Waals surface area contributed by atoms with Crippen molar-refractivity contribution in [3.8, 4) is 0 Å². The number of amidine groups is 2. The standard InChI is InChI=1S/C37H35N6PS3.Cu/c1-38-36(45)42-40-35(29-23-25-33(47-2)26-24-29)34(28-15-7-3-8-16-28)41-43-37(46)39-27-44(30-17-9-4-10-18-30,31-19-11-5-12-20-31)32-21-13-6-14-22-32;/h3-26H,27H2,1-2H3,(H3-,38,39,40,41,42,43,45,46);/q;+2/p-1. The van der Waals surface area contributed by atoms with Crippen molar-refractivity contribution >= 4 is 82.0 Å². The van der Waals surface area contributed by atoms with Crippen LogP contribution in [-0.2, 0) is 42.3 Å². The minimum absolute atomic E-state index is 0. The number of hydrogen-bond donors (Lipinski definition) is 2. The van der Waals surface area contributed by atoms with Gasteiger partial charge in [-0.15, -0.1) is 22.0 Å². The maximum absolute atomic E-state index is 5.84. The van der Waals surface area contributed by atoms with Crippen molar-refractivity contribution in [2.45, 2.75) is 4.90 Å². The van der Waals surface area contributed by atoms with Gasteiger partial charge in [0.05, 0.1) is 0 Å². The zero-order valence-electron chi connectivity index (χ0n) is 26.3. The monoisotopic (exact) mass is 752 g/mol. The summed E-state index contributed by atoms with van der Waals surface area (Å²) in [4.78, 5) is 1.13. The fraction of sp³-hybridized carbons (Fsp3) is 0.0811. The molecular weight excluding hydrogens is 719 g/mol. The molecule has 0 spiro atoms. The molecule has 48 heavy (non-hydrogen) atoms. The quantitative estimate of drug-likeness (QED) is 0.0326. The van der Waals surface area contributed by atoms with E-state index in [4.69, 9.17) is 30.4 Å². The minimum Gasteiger partial charge on any atom is -0.741 e. The predicted molar refractivity (Wildman–Crippen MR) is 210 cm³/mol. The number of nitrogens with one attached hydrogen (secondary N) is 2. The maximum Gasteiger partial charge on any atom is 2.00 e. The Balaban J connectivity index is 0.00000520. The molecule has 0 aliphatic carbocycles. The van der Waals surface area contributed by atoms with Crippen LogP contribution >= 0.6 is 19.0 Å². The first-order chi connectivity index (χ1) is 23.0. The van der Waals surface area contributed by atoms with Gasteiger partial charge in [-0.25, -0.2) is 0 Å². The number of hydrogen-bond acceptors (Lipinski definition) is 7. The third-order valence-electron chi connectivity index (χ3n) is 7.39. The fourth-order valence-electron chi connectivity index (χ4n) is 5.06. The summed E-state index contributed by atoms with van der Waals surface area (Å²) < 4.78 is 0. The van der Waals surface area contributed by atoms with Gasteiger partial charge in [0.25, 0.3) is 0 Å². The van der Waals surface area contributed by atoms with Gasteiger partial charge in [0.1, 0.15) is 40.9 Å². The van der Waals surface area contributed by atoms with Crippen LogP contribution in [0.1, 0.15) is 11.1 Å². The van der Waals surface area contributed by atoms with E-state index in [1.54, 1.807) is 18.8 Å². The molecule has 245 valence electrons. The first-order valence-corrected chi connectivity index (χ1v) is 18.9. The van der Waals surface area contributed by atoms with Crippen LogP contribution < -0.4 is 26.5 Å². The first-order valence-electron chi connectivity index (χ1n) is 14.9. The van der Waals surface area contributed by atoms with Gasteiger partial charge in [-0.3, -0.25) is 0 Å². The summed E-state index contributed by atoms with van der Waals surface area (Å²) in [6.07, 6.45) is 2.60. The van der Waals surface area contributed by atoms with Crippen LogP contribution in [0.2, 0.25) is 0 Å². The van der Waals surface area contributed by atoms with Crippen molar-refractivity contribution < 1.29 is 17.1 Å². The van der Waals surface area contributed by atoms with E-state index in [1.165, 1.54) is 15.9 Å². The van der Waals surface area contributed by atoms with E-state index < -0.39 is 7.26 Å². The normalized spacial score (nSPS) is 12.6. The smallest absolute Gasteiger partial charge is 0.741 e. The van der Waals surface area contributed by atoms with E-state index >= 15 is 0 Å². The van der Waals surface area contributed by atoms with E-state index in [2.05, 4.69) is 98.7 Å². The number of rotatable bonds is 11. The van der Waals surface area contributed by atoms with Crippen molar-refractivity contribution in [2.24, 2.45) is 20.4 Å². The van der Waals surface area contributed by atoms with Crippen LogP contribution in [0, 0.1) is 0 Å². The minimum atomic E-state index is -2.18. The van der Waals surface area contributed by atoms with Gasteiger partial charge in [-0.1, -0.05) is 97.1 Å². The van der Waals surface area contributed by atoms with Crippen LogP contribution in [0.15, 0.2) is 171 Å². The second-order valence-corrected chi connectivity index (χ2v) is 15.3. The second kappa shape index (κ2) is 18.6. The van der Waals surface area contributed by atoms with E-state index in [-0.39, 0.29) is 27.4 Å². The molecule has 5 aromatic carbocycles. The Kier molecular flexibility index (Phi) is 14.3. The first kappa shape index (κ1) is 36.9. The molecule has 5 rings (SSSR count). The molecule has 0 saturated heterocycles. The van der Waals surface area contributed by atoms with Crippen molar-refractivity contribution in [2.75, 3.05) is 19.6 Å². The Morgan fingerprint density at radius 2 is 0.958 bits per heavy atom. The van der Waals surface area contributed by atoms with Crippen LogP contribution in [0.25, 0.3) is 0 Å². The van der Waals surface area contributed by atoms with E-state index in [1.807, 2.05) is 79.1 Å². The summed E-state index contributed by atoms with van der Waals surface area (Å²) >= 11 is 12.8. The van der Waals surface area contributed by atoms with Gasteiger partial charge in [0, 0.05) is 28.2 Å². The Hall–Kier alpha value is -3.88. The zero-order chi connectivity index (χ0) is 32.9. The summed E-state index contributed by atoms with van der Waals surface area (Å²) in [6.45, 7) is 0. The average molecular weight is 753 g/mol. The van der Waals surface area contributed by atoms with Gasteiger partial charge in [-0.2, -0.15) is 10.2 Å². The Bertz CT molecular complexity index is 1760. The summed E-state index contributed by atoms with van der Waals surface area (Å²) in [5.41, 5.74) is 2.68. The third kappa shape index (κ3) is 9.17. The largest absolute Gasteiger partial charge is 2.00 e. The van der Waals surface area contributed by atoms with Crippen molar-refractivity contribution in [3.63, 3.8) is 0 Å². The summed E-state index contributed by atoms with van der Waals surface area (Å²) in [7, 11) is -0.470. The molecule has 0 aliphatic heterocycles. The van der Waals surface area contributed by atoms with Crippen LogP contribution in [0.5, 0.6) is 0 Å². The number of nitrogens with zero attached hydrogens (tertiary/aromatic N) is 4. The van der Waals surface area contributed by atoms with Gasteiger partial charge in [0.2, 0.25) is 0 Å².